The van der Waals surface area contributed by atoms with Gasteiger partial charge in [-0.1, -0.05) is 36.4 Å². The maximum atomic E-state index is 12.7. The van der Waals surface area contributed by atoms with E-state index in [1.807, 2.05) is 55.5 Å². The van der Waals surface area contributed by atoms with Crippen LogP contribution >= 0.6 is 0 Å². The number of carbonyl (C=O) groups is 2. The second-order valence-electron chi connectivity index (χ2n) is 6.35. The average Bonchev–Trinajstić information content (AvgIpc) is 3.29. The predicted octanol–water partition coefficient (Wildman–Crippen LogP) is 3.79. The monoisotopic (exact) mass is 342 g/mol. The number of hydrogen-bond donors (Lipinski definition) is 2. The van der Waals surface area contributed by atoms with Crippen molar-refractivity contribution >= 4 is 44.8 Å². The molecule has 0 atom stereocenters. The van der Waals surface area contributed by atoms with Gasteiger partial charge in [0.2, 0.25) is 0 Å². The lowest BCUT2D eigenvalue weighted by molar-refractivity contribution is -0.122. The zero-order valence-corrected chi connectivity index (χ0v) is 13.9. The lowest BCUT2D eigenvalue weighted by atomic mass is 9.93. The van der Waals surface area contributed by atoms with Gasteiger partial charge in [-0.3, -0.25) is 14.9 Å². The highest BCUT2D eigenvalue weighted by Gasteiger charge is 2.35. The highest BCUT2D eigenvalue weighted by Crippen LogP contribution is 2.39. The summed E-state index contributed by atoms with van der Waals surface area (Å²) in [5.74, 6) is -0.792. The van der Waals surface area contributed by atoms with Gasteiger partial charge >= 0.3 is 0 Å². The molecule has 2 aromatic heterocycles. The molecule has 4 aromatic rings. The van der Waals surface area contributed by atoms with E-state index in [-0.39, 0.29) is 5.91 Å². The molecule has 0 saturated carbocycles. The summed E-state index contributed by atoms with van der Waals surface area (Å²) in [4.78, 5) is 28.7. The number of benzene rings is 2. The molecule has 2 aromatic carbocycles. The zero-order valence-electron chi connectivity index (χ0n) is 13.9. The smallest absolute Gasteiger partial charge is 0.259 e. The number of amides is 2. The number of aromatic amines is 1. The van der Waals surface area contributed by atoms with Crippen molar-refractivity contribution in [2.75, 3.05) is 0 Å². The van der Waals surface area contributed by atoms with Gasteiger partial charge in [-0.05, 0) is 19.1 Å². The predicted molar refractivity (Wildman–Crippen MR) is 99.2 cm³/mol. The number of hydrogen-bond acceptors (Lipinski definition) is 3. The number of rotatable bonds is 2. The van der Waals surface area contributed by atoms with Crippen molar-refractivity contribution in [3.8, 4) is 0 Å². The number of para-hydroxylation sites is 2. The molecule has 0 aliphatic carbocycles. The molecule has 1 aliphatic heterocycles. The summed E-state index contributed by atoms with van der Waals surface area (Å²) in [6, 6.07) is 15.2. The van der Waals surface area contributed by atoms with Crippen LogP contribution in [0.25, 0.3) is 33.0 Å². The Bertz CT molecular complexity index is 1260. The van der Waals surface area contributed by atoms with Gasteiger partial charge in [-0.25, -0.2) is 0 Å². The van der Waals surface area contributed by atoms with Gasteiger partial charge in [-0.2, -0.15) is 0 Å². The molecule has 0 unspecified atom stereocenters. The van der Waals surface area contributed by atoms with Gasteiger partial charge in [0.05, 0.1) is 17.4 Å². The van der Waals surface area contributed by atoms with E-state index in [1.54, 1.807) is 6.26 Å². The highest BCUT2D eigenvalue weighted by molar-refractivity contribution is 6.50. The molecule has 1 aliphatic rings. The van der Waals surface area contributed by atoms with Gasteiger partial charge in [0.25, 0.3) is 11.8 Å². The van der Waals surface area contributed by atoms with Crippen LogP contribution in [0.3, 0.4) is 0 Å². The first-order valence-electron chi connectivity index (χ1n) is 8.29. The van der Waals surface area contributed by atoms with Crippen LogP contribution in [0.5, 0.6) is 0 Å². The summed E-state index contributed by atoms with van der Waals surface area (Å²) < 4.78 is 5.60. The lowest BCUT2D eigenvalue weighted by Gasteiger charge is -2.06. The summed E-state index contributed by atoms with van der Waals surface area (Å²) in [5.41, 5.74) is 4.48. The second kappa shape index (κ2) is 5.20. The topological polar surface area (TPSA) is 75.1 Å². The average molecular weight is 342 g/mol. The number of imide groups is 1. The largest absolute Gasteiger partial charge is 0.464 e. The fourth-order valence-electron chi connectivity index (χ4n) is 3.74. The minimum atomic E-state index is -0.404. The van der Waals surface area contributed by atoms with Crippen LogP contribution in [0.4, 0.5) is 0 Å². The van der Waals surface area contributed by atoms with E-state index in [1.165, 1.54) is 0 Å². The van der Waals surface area contributed by atoms with E-state index in [9.17, 15) is 9.59 Å². The molecule has 26 heavy (non-hydrogen) atoms. The fraction of sp³-hybridized carbons (Fsp3) is 0.0476. The van der Waals surface area contributed by atoms with Crippen molar-refractivity contribution in [2.24, 2.45) is 0 Å². The molecule has 0 fully saturated rings. The molecular formula is C21H14N2O3. The number of aryl methyl sites for hydroxylation is 1. The van der Waals surface area contributed by atoms with Gasteiger partial charge in [-0.15, -0.1) is 0 Å². The van der Waals surface area contributed by atoms with Gasteiger partial charge < -0.3 is 9.40 Å². The van der Waals surface area contributed by atoms with Crippen LogP contribution < -0.4 is 5.32 Å². The summed E-state index contributed by atoms with van der Waals surface area (Å²) in [6.45, 7) is 1.91. The molecule has 0 bridgehead atoms. The molecule has 2 N–H and O–H groups in total. The van der Waals surface area contributed by atoms with Gasteiger partial charge in [0, 0.05) is 33.1 Å². The Morgan fingerprint density at radius 3 is 2.58 bits per heavy atom. The number of nitrogens with one attached hydrogen (secondary N) is 2. The Kier molecular flexibility index (Phi) is 2.94. The molecule has 2 amide bonds. The van der Waals surface area contributed by atoms with E-state index >= 15 is 0 Å². The van der Waals surface area contributed by atoms with E-state index in [0.29, 0.717) is 22.3 Å². The maximum absolute atomic E-state index is 12.7. The Morgan fingerprint density at radius 1 is 0.885 bits per heavy atom. The molecule has 5 heteroatoms. The van der Waals surface area contributed by atoms with Crippen molar-refractivity contribution in [3.63, 3.8) is 0 Å². The molecule has 0 spiro atoms. The molecule has 5 rings (SSSR count). The maximum Gasteiger partial charge on any atom is 0.259 e. The molecular weight excluding hydrogens is 328 g/mol. The van der Waals surface area contributed by atoms with Crippen LogP contribution in [-0.4, -0.2) is 16.8 Å². The van der Waals surface area contributed by atoms with Gasteiger partial charge in [0.15, 0.2) is 0 Å². The standard InChI is InChI=1S/C21H14N2O3/c1-11-16(13-6-2-3-8-15(13)22-11)18-17(20(24)23-21(18)25)14-7-4-5-12-9-10-26-19(12)14/h2-10,22H,1H3,(H,23,24,25). The third kappa shape index (κ3) is 1.91. The minimum Gasteiger partial charge on any atom is -0.464 e. The van der Waals surface area contributed by atoms with E-state index in [0.717, 1.165) is 27.5 Å². The van der Waals surface area contributed by atoms with Crippen molar-refractivity contribution in [2.45, 2.75) is 6.92 Å². The van der Waals surface area contributed by atoms with E-state index in [2.05, 4.69) is 10.3 Å². The van der Waals surface area contributed by atoms with Crippen molar-refractivity contribution < 1.29 is 14.0 Å². The Morgan fingerprint density at radius 2 is 1.69 bits per heavy atom. The third-order valence-electron chi connectivity index (χ3n) is 4.82. The number of fused-ring (bicyclic) bond motifs is 2. The fourth-order valence-corrected chi connectivity index (χ4v) is 3.74. The first-order valence-corrected chi connectivity index (χ1v) is 8.29. The Hall–Kier alpha value is -3.60. The Labute approximate surface area is 148 Å². The quantitative estimate of drug-likeness (QED) is 0.544. The first kappa shape index (κ1) is 14.7. The van der Waals surface area contributed by atoms with Crippen LogP contribution in [0.2, 0.25) is 0 Å². The van der Waals surface area contributed by atoms with Crippen LogP contribution in [0, 0.1) is 6.92 Å². The summed E-state index contributed by atoms with van der Waals surface area (Å²) in [5, 5.41) is 4.24. The van der Waals surface area contributed by atoms with Crippen molar-refractivity contribution in [1.82, 2.24) is 10.3 Å². The molecule has 126 valence electrons. The van der Waals surface area contributed by atoms with Crippen LogP contribution in [-0.2, 0) is 9.59 Å². The molecule has 3 heterocycles. The molecule has 5 nitrogen and oxygen atoms in total. The SMILES string of the molecule is Cc1[nH]c2ccccc2c1C1=C(c2cccc3ccoc23)C(=O)NC1=O. The van der Waals surface area contributed by atoms with Crippen LogP contribution in [0.1, 0.15) is 16.8 Å². The van der Waals surface area contributed by atoms with Gasteiger partial charge in [0.1, 0.15) is 5.58 Å². The summed E-state index contributed by atoms with van der Waals surface area (Å²) in [7, 11) is 0. The highest BCUT2D eigenvalue weighted by atomic mass is 16.3. The van der Waals surface area contributed by atoms with E-state index < -0.39 is 5.91 Å². The van der Waals surface area contributed by atoms with E-state index in [4.69, 9.17) is 4.42 Å². The normalized spacial score (nSPS) is 14.7. The zero-order chi connectivity index (χ0) is 17.8. The van der Waals surface area contributed by atoms with Crippen molar-refractivity contribution in [1.29, 1.82) is 0 Å². The van der Waals surface area contributed by atoms with Crippen molar-refractivity contribution in [3.05, 3.63) is 71.6 Å². The molecule has 0 radical (unpaired) electrons. The Balaban J connectivity index is 1.90. The summed E-state index contributed by atoms with van der Waals surface area (Å²) in [6.07, 6.45) is 1.58. The summed E-state index contributed by atoms with van der Waals surface area (Å²) >= 11 is 0. The second-order valence-corrected chi connectivity index (χ2v) is 6.35. The number of furan rings is 1. The number of H-pyrrole nitrogens is 1. The third-order valence-corrected chi connectivity index (χ3v) is 4.82. The minimum absolute atomic E-state index is 0.350. The van der Waals surface area contributed by atoms with Crippen LogP contribution in [0.15, 0.2) is 59.2 Å². The number of aromatic nitrogens is 1. The lowest BCUT2D eigenvalue weighted by Crippen LogP contribution is -2.22. The molecule has 0 saturated heterocycles. The first-order chi connectivity index (χ1) is 12.6. The number of carbonyl (C=O) groups excluding carboxylic acids is 2.